The zero-order chi connectivity index (χ0) is 27.7. The third-order valence-electron chi connectivity index (χ3n) is 4.69. The van der Waals surface area contributed by atoms with E-state index in [-0.39, 0.29) is 18.6 Å². The SMILES string of the molecule is CCOC(=O)/C(=C\CCCN(C(=O)OC(C)(C)C)C(=O)OC(C)(C)C)c1cn(CCC(C)(C)C)cn1. The van der Waals surface area contributed by atoms with Crippen LogP contribution in [0.2, 0.25) is 0 Å². The van der Waals surface area contributed by atoms with Crippen molar-refractivity contribution in [3.63, 3.8) is 0 Å². The van der Waals surface area contributed by atoms with E-state index in [4.69, 9.17) is 14.2 Å². The van der Waals surface area contributed by atoms with Crippen molar-refractivity contribution in [1.82, 2.24) is 14.5 Å². The zero-order valence-electron chi connectivity index (χ0n) is 23.8. The van der Waals surface area contributed by atoms with Crippen molar-refractivity contribution in [2.75, 3.05) is 13.2 Å². The molecule has 36 heavy (non-hydrogen) atoms. The Kier molecular flexibility index (Phi) is 11.2. The van der Waals surface area contributed by atoms with Gasteiger partial charge in [-0.2, -0.15) is 0 Å². The highest BCUT2D eigenvalue weighted by atomic mass is 16.6. The average molecular weight is 508 g/mol. The highest BCUT2D eigenvalue weighted by Crippen LogP contribution is 2.21. The zero-order valence-corrected chi connectivity index (χ0v) is 23.8. The van der Waals surface area contributed by atoms with Crippen molar-refractivity contribution in [1.29, 1.82) is 0 Å². The second-order valence-electron chi connectivity index (χ2n) is 11.9. The van der Waals surface area contributed by atoms with E-state index in [9.17, 15) is 14.4 Å². The van der Waals surface area contributed by atoms with E-state index in [1.165, 1.54) is 0 Å². The van der Waals surface area contributed by atoms with E-state index < -0.39 is 29.4 Å². The molecule has 2 amide bonds. The minimum Gasteiger partial charge on any atom is -0.462 e. The van der Waals surface area contributed by atoms with Gasteiger partial charge in [-0.05, 0) is 73.1 Å². The molecule has 1 aromatic rings. The lowest BCUT2D eigenvalue weighted by Gasteiger charge is -2.28. The molecule has 0 aliphatic carbocycles. The Morgan fingerprint density at radius 2 is 1.53 bits per heavy atom. The van der Waals surface area contributed by atoms with Crippen LogP contribution in [0.3, 0.4) is 0 Å². The Morgan fingerprint density at radius 1 is 0.972 bits per heavy atom. The van der Waals surface area contributed by atoms with Crippen LogP contribution in [0.5, 0.6) is 0 Å². The Hall–Kier alpha value is -2.84. The summed E-state index contributed by atoms with van der Waals surface area (Å²) in [4.78, 5) is 43.3. The van der Waals surface area contributed by atoms with Crippen molar-refractivity contribution in [2.24, 2.45) is 5.41 Å². The predicted molar refractivity (Wildman–Crippen MR) is 139 cm³/mol. The van der Waals surface area contributed by atoms with Crippen molar-refractivity contribution in [3.05, 3.63) is 24.3 Å². The van der Waals surface area contributed by atoms with Crippen LogP contribution >= 0.6 is 0 Å². The van der Waals surface area contributed by atoms with Gasteiger partial charge in [0.1, 0.15) is 11.2 Å². The maximum atomic E-state index is 12.7. The number of ether oxygens (including phenoxy) is 3. The summed E-state index contributed by atoms with van der Waals surface area (Å²) in [5, 5.41) is 0. The molecule has 0 bridgehead atoms. The van der Waals surface area contributed by atoms with Crippen molar-refractivity contribution < 1.29 is 28.6 Å². The van der Waals surface area contributed by atoms with Crippen LogP contribution in [-0.2, 0) is 25.5 Å². The van der Waals surface area contributed by atoms with Crippen LogP contribution in [0.4, 0.5) is 9.59 Å². The number of carbonyl (C=O) groups is 3. The van der Waals surface area contributed by atoms with E-state index in [0.29, 0.717) is 24.1 Å². The minimum absolute atomic E-state index is 0.0659. The summed E-state index contributed by atoms with van der Waals surface area (Å²) in [6.45, 7) is 19.7. The number of imidazole rings is 1. The Bertz CT molecular complexity index is 885. The van der Waals surface area contributed by atoms with Gasteiger partial charge in [-0.25, -0.2) is 24.3 Å². The summed E-state index contributed by atoms with van der Waals surface area (Å²) < 4.78 is 18.0. The Labute approximate surface area is 216 Å². The first-order chi connectivity index (χ1) is 16.4. The largest absolute Gasteiger partial charge is 0.462 e. The van der Waals surface area contributed by atoms with Crippen molar-refractivity contribution in [2.45, 2.75) is 106 Å². The molecule has 0 aliphatic heterocycles. The lowest BCUT2D eigenvalue weighted by molar-refractivity contribution is -0.136. The number of hydrogen-bond donors (Lipinski definition) is 0. The number of nitrogens with zero attached hydrogens (tertiary/aromatic N) is 3. The summed E-state index contributed by atoms with van der Waals surface area (Å²) in [6, 6.07) is 0. The quantitative estimate of drug-likeness (QED) is 0.169. The van der Waals surface area contributed by atoms with E-state index in [1.54, 1.807) is 60.9 Å². The molecule has 0 spiro atoms. The highest BCUT2D eigenvalue weighted by Gasteiger charge is 2.30. The molecule has 0 atom stereocenters. The first kappa shape index (κ1) is 31.2. The molecular formula is C27H45N3O6. The van der Waals surface area contributed by atoms with Gasteiger partial charge in [0, 0.05) is 19.3 Å². The van der Waals surface area contributed by atoms with Crippen molar-refractivity contribution in [3.8, 4) is 0 Å². The number of allylic oxidation sites excluding steroid dienone is 1. The van der Waals surface area contributed by atoms with Crippen LogP contribution < -0.4 is 0 Å². The lowest BCUT2D eigenvalue weighted by Crippen LogP contribution is -2.44. The molecule has 1 rings (SSSR count). The topological polar surface area (TPSA) is 100.0 Å². The fraction of sp³-hybridized carbons (Fsp3) is 0.704. The summed E-state index contributed by atoms with van der Waals surface area (Å²) in [5.41, 5.74) is -0.468. The second-order valence-corrected chi connectivity index (χ2v) is 11.9. The normalized spacial score (nSPS) is 12.8. The van der Waals surface area contributed by atoms with Gasteiger partial charge in [0.25, 0.3) is 0 Å². The number of aryl methyl sites for hydroxylation is 1. The van der Waals surface area contributed by atoms with Crippen LogP contribution in [0.15, 0.2) is 18.6 Å². The van der Waals surface area contributed by atoms with Gasteiger partial charge in [-0.3, -0.25) is 0 Å². The lowest BCUT2D eigenvalue weighted by atomic mass is 9.92. The maximum absolute atomic E-state index is 12.7. The molecule has 0 aromatic carbocycles. The molecular weight excluding hydrogens is 462 g/mol. The molecule has 9 nitrogen and oxygen atoms in total. The van der Waals surface area contributed by atoms with E-state index in [1.807, 2.05) is 10.8 Å². The number of esters is 1. The van der Waals surface area contributed by atoms with Gasteiger partial charge in [-0.1, -0.05) is 26.8 Å². The van der Waals surface area contributed by atoms with Gasteiger partial charge < -0.3 is 18.8 Å². The van der Waals surface area contributed by atoms with Crippen LogP contribution in [-0.4, -0.2) is 57.0 Å². The number of amides is 2. The maximum Gasteiger partial charge on any atom is 0.419 e. The van der Waals surface area contributed by atoms with Gasteiger partial charge >= 0.3 is 18.2 Å². The second kappa shape index (κ2) is 12.9. The smallest absolute Gasteiger partial charge is 0.419 e. The van der Waals surface area contributed by atoms with E-state index >= 15 is 0 Å². The third-order valence-corrected chi connectivity index (χ3v) is 4.69. The molecule has 0 unspecified atom stereocenters. The van der Waals surface area contributed by atoms with Gasteiger partial charge in [0.2, 0.25) is 0 Å². The molecule has 204 valence electrons. The van der Waals surface area contributed by atoms with Crippen LogP contribution in [0.25, 0.3) is 5.57 Å². The molecule has 0 radical (unpaired) electrons. The first-order valence-electron chi connectivity index (χ1n) is 12.5. The molecule has 9 heteroatoms. The van der Waals surface area contributed by atoms with Gasteiger partial charge in [-0.15, -0.1) is 0 Å². The summed E-state index contributed by atoms with van der Waals surface area (Å²) in [5.74, 6) is -0.463. The molecule has 0 aliphatic rings. The fourth-order valence-electron chi connectivity index (χ4n) is 2.97. The van der Waals surface area contributed by atoms with Crippen LogP contribution in [0.1, 0.15) is 94.2 Å². The Morgan fingerprint density at radius 3 is 2.00 bits per heavy atom. The number of hydrogen-bond acceptors (Lipinski definition) is 7. The van der Waals surface area contributed by atoms with Gasteiger partial charge in [0.15, 0.2) is 0 Å². The molecule has 0 fully saturated rings. The Balaban J connectivity index is 3.00. The predicted octanol–water partition coefficient (Wildman–Crippen LogP) is 6.22. The average Bonchev–Trinajstić information content (AvgIpc) is 3.14. The number of aromatic nitrogens is 2. The summed E-state index contributed by atoms with van der Waals surface area (Å²) in [6.07, 6.45) is 5.50. The summed E-state index contributed by atoms with van der Waals surface area (Å²) >= 11 is 0. The number of rotatable bonds is 9. The van der Waals surface area contributed by atoms with Crippen LogP contribution in [0, 0.1) is 5.41 Å². The number of imide groups is 1. The number of carbonyl (C=O) groups excluding carboxylic acids is 3. The fourth-order valence-corrected chi connectivity index (χ4v) is 2.97. The monoisotopic (exact) mass is 507 g/mol. The van der Waals surface area contributed by atoms with Gasteiger partial charge in [0.05, 0.1) is 24.2 Å². The van der Waals surface area contributed by atoms with E-state index in [0.717, 1.165) is 17.9 Å². The third kappa shape index (κ3) is 12.2. The highest BCUT2D eigenvalue weighted by molar-refractivity contribution is 6.15. The molecule has 1 heterocycles. The summed E-state index contributed by atoms with van der Waals surface area (Å²) in [7, 11) is 0. The van der Waals surface area contributed by atoms with Crippen molar-refractivity contribution >= 4 is 23.7 Å². The minimum atomic E-state index is -0.774. The van der Waals surface area contributed by atoms with E-state index in [2.05, 4.69) is 25.8 Å². The molecule has 1 aromatic heterocycles. The molecule has 0 saturated heterocycles. The standard InChI is InChI=1S/C27H45N3O6/c1-11-34-22(31)20(21-18-29(19-28-21)17-15-25(2,3)4)14-12-13-16-30(23(32)35-26(5,6)7)24(33)36-27(8,9)10/h14,18-19H,11-13,15-17H2,1-10H3/b20-14-. The molecule has 0 N–H and O–H groups in total. The number of unbranched alkanes of at least 4 members (excludes halogenated alkanes) is 1. The molecule has 0 saturated carbocycles. The first-order valence-corrected chi connectivity index (χ1v) is 12.5.